The van der Waals surface area contributed by atoms with Crippen LogP contribution in [-0.4, -0.2) is 25.1 Å². The lowest BCUT2D eigenvalue weighted by Crippen LogP contribution is -1.85. The number of hydrogen-bond donors (Lipinski definition) is 2. The molecule has 0 bridgehead atoms. The highest BCUT2D eigenvalue weighted by Gasteiger charge is 2.15. The number of aryl methyl sites for hydroxylation is 1. The number of nitrogens with zero attached hydrogens (tertiary/aromatic N) is 3. The molecule has 5 aromatic heterocycles. The first kappa shape index (κ1) is 16.7. The molecule has 144 valence electrons. The van der Waals surface area contributed by atoms with E-state index >= 15 is 0 Å². The number of nitrogens with one attached hydrogen (secondary N) is 2. The average molecular weight is 391 g/mol. The zero-order valence-electron chi connectivity index (χ0n) is 16.2. The van der Waals surface area contributed by atoms with Crippen LogP contribution in [0.5, 0.6) is 0 Å². The van der Waals surface area contributed by atoms with E-state index in [1.807, 2.05) is 36.9 Å². The van der Waals surface area contributed by atoms with Gasteiger partial charge in [0.25, 0.3) is 0 Å². The van der Waals surface area contributed by atoms with E-state index in [1.54, 1.807) is 12.5 Å². The number of fused-ring (bicyclic) bond motifs is 2. The fraction of sp³-hybridized carbons (Fsp3) is 0.0417. The molecule has 6 aromatic rings. The lowest BCUT2D eigenvalue weighted by atomic mass is 10.0. The first-order valence-corrected chi connectivity index (χ1v) is 9.67. The van der Waals surface area contributed by atoms with Crippen LogP contribution in [0.1, 0.15) is 5.56 Å². The second-order valence-electron chi connectivity index (χ2n) is 7.37. The summed E-state index contributed by atoms with van der Waals surface area (Å²) in [4.78, 5) is 12.1. The Balaban J connectivity index is 1.53. The molecule has 1 aromatic carbocycles. The zero-order chi connectivity index (χ0) is 20.1. The van der Waals surface area contributed by atoms with Gasteiger partial charge in [0.05, 0.1) is 35.5 Å². The molecule has 0 spiro atoms. The van der Waals surface area contributed by atoms with Crippen LogP contribution in [0.3, 0.4) is 0 Å². The quantitative estimate of drug-likeness (QED) is 0.403. The first-order valence-electron chi connectivity index (χ1n) is 9.67. The number of pyridine rings is 2. The third-order valence-corrected chi connectivity index (χ3v) is 5.55. The Kier molecular flexibility index (Phi) is 3.58. The molecule has 2 N–H and O–H groups in total. The number of rotatable bonds is 3. The molecule has 0 aliphatic heterocycles. The van der Waals surface area contributed by atoms with Crippen LogP contribution in [0.15, 0.2) is 78.1 Å². The summed E-state index contributed by atoms with van der Waals surface area (Å²) in [6.45, 7) is 2.10. The van der Waals surface area contributed by atoms with Crippen molar-refractivity contribution in [3.8, 4) is 33.6 Å². The van der Waals surface area contributed by atoms with Crippen molar-refractivity contribution >= 4 is 21.8 Å². The van der Waals surface area contributed by atoms with Gasteiger partial charge >= 0.3 is 0 Å². The minimum Gasteiger partial charge on any atom is -0.472 e. The molecular formula is C24H17N5O. The van der Waals surface area contributed by atoms with Crippen LogP contribution >= 0.6 is 0 Å². The molecule has 0 atom stereocenters. The molecular weight excluding hydrogens is 374 g/mol. The Bertz CT molecular complexity index is 1510. The van der Waals surface area contributed by atoms with Gasteiger partial charge in [0, 0.05) is 46.1 Å². The van der Waals surface area contributed by atoms with Crippen LogP contribution in [0.4, 0.5) is 0 Å². The average Bonchev–Trinajstić information content (AvgIpc) is 3.51. The fourth-order valence-corrected chi connectivity index (χ4v) is 3.98. The molecule has 0 fully saturated rings. The molecule has 30 heavy (non-hydrogen) atoms. The summed E-state index contributed by atoms with van der Waals surface area (Å²) in [5.74, 6) is 0. The topological polar surface area (TPSA) is 83.4 Å². The SMILES string of the molecule is Cc1ccncc1-c1ccc2[nH]nc(-c3cc4c(-c5ccoc5)cncc4[nH]3)c2c1. The number of furan rings is 1. The lowest BCUT2D eigenvalue weighted by molar-refractivity contribution is 0.568. The van der Waals surface area contributed by atoms with Gasteiger partial charge in [-0.1, -0.05) is 6.07 Å². The van der Waals surface area contributed by atoms with Crippen LogP contribution in [0.25, 0.3) is 55.4 Å². The third-order valence-electron chi connectivity index (χ3n) is 5.55. The smallest absolute Gasteiger partial charge is 0.116 e. The molecule has 6 rings (SSSR count). The standard InChI is InChI=1S/C24H17N5O/c1-14-4-6-25-10-19(14)15-2-3-21-18(8-15)24(29-28-21)22-9-17-20(16-5-7-30-13-16)11-26-12-23(17)27-22/h2-13,27H,1H3,(H,28,29). The minimum absolute atomic E-state index is 0.878. The van der Waals surface area contributed by atoms with Crippen molar-refractivity contribution in [1.29, 1.82) is 0 Å². The van der Waals surface area contributed by atoms with Crippen LogP contribution < -0.4 is 0 Å². The van der Waals surface area contributed by atoms with Crippen molar-refractivity contribution < 1.29 is 4.42 Å². The second kappa shape index (κ2) is 6.42. The molecule has 0 aliphatic rings. The Morgan fingerprint density at radius 1 is 0.833 bits per heavy atom. The predicted molar refractivity (Wildman–Crippen MR) is 117 cm³/mol. The van der Waals surface area contributed by atoms with E-state index in [9.17, 15) is 0 Å². The minimum atomic E-state index is 0.878. The number of benzene rings is 1. The molecule has 5 heterocycles. The van der Waals surface area contributed by atoms with E-state index < -0.39 is 0 Å². The summed E-state index contributed by atoms with van der Waals surface area (Å²) in [6, 6.07) is 12.4. The maximum Gasteiger partial charge on any atom is 0.116 e. The molecule has 0 saturated heterocycles. The van der Waals surface area contributed by atoms with Gasteiger partial charge in [-0.3, -0.25) is 15.1 Å². The Morgan fingerprint density at radius 2 is 1.77 bits per heavy atom. The Morgan fingerprint density at radius 3 is 2.63 bits per heavy atom. The van der Waals surface area contributed by atoms with Crippen molar-refractivity contribution in [2.45, 2.75) is 6.92 Å². The van der Waals surface area contributed by atoms with Gasteiger partial charge in [0.2, 0.25) is 0 Å². The molecule has 6 heteroatoms. The van der Waals surface area contributed by atoms with Crippen molar-refractivity contribution in [1.82, 2.24) is 25.1 Å². The molecule has 0 radical (unpaired) electrons. The second-order valence-corrected chi connectivity index (χ2v) is 7.37. The summed E-state index contributed by atoms with van der Waals surface area (Å²) >= 11 is 0. The van der Waals surface area contributed by atoms with Gasteiger partial charge in [0.1, 0.15) is 5.69 Å². The lowest BCUT2D eigenvalue weighted by Gasteiger charge is -2.05. The maximum absolute atomic E-state index is 5.26. The van der Waals surface area contributed by atoms with Crippen molar-refractivity contribution in [2.75, 3.05) is 0 Å². The Hall–Kier alpha value is -4.19. The van der Waals surface area contributed by atoms with Crippen molar-refractivity contribution in [3.63, 3.8) is 0 Å². The highest BCUT2D eigenvalue weighted by molar-refractivity contribution is 6.01. The fourth-order valence-electron chi connectivity index (χ4n) is 3.98. The highest BCUT2D eigenvalue weighted by Crippen LogP contribution is 2.35. The van der Waals surface area contributed by atoms with Crippen molar-refractivity contribution in [2.24, 2.45) is 0 Å². The van der Waals surface area contributed by atoms with Gasteiger partial charge in [-0.2, -0.15) is 5.10 Å². The highest BCUT2D eigenvalue weighted by atomic mass is 16.3. The molecule has 0 unspecified atom stereocenters. The van der Waals surface area contributed by atoms with Crippen molar-refractivity contribution in [3.05, 3.63) is 79.3 Å². The normalized spacial score (nSPS) is 11.5. The predicted octanol–water partition coefficient (Wildman–Crippen LogP) is 5.74. The summed E-state index contributed by atoms with van der Waals surface area (Å²) < 4.78 is 5.26. The monoisotopic (exact) mass is 391 g/mol. The molecule has 0 amide bonds. The molecule has 0 aliphatic carbocycles. The van der Waals surface area contributed by atoms with Gasteiger partial charge < -0.3 is 9.40 Å². The van der Waals surface area contributed by atoms with E-state index in [2.05, 4.69) is 56.3 Å². The van der Waals surface area contributed by atoms with Crippen LogP contribution in [0, 0.1) is 6.92 Å². The molecule has 0 saturated carbocycles. The summed E-state index contributed by atoms with van der Waals surface area (Å²) in [5, 5.41) is 9.89. The van der Waals surface area contributed by atoms with E-state index in [0.29, 0.717) is 0 Å². The van der Waals surface area contributed by atoms with E-state index in [1.165, 1.54) is 5.56 Å². The van der Waals surface area contributed by atoms with E-state index in [0.717, 1.165) is 55.4 Å². The number of H-pyrrole nitrogens is 2. The Labute approximate surface area is 171 Å². The summed E-state index contributed by atoms with van der Waals surface area (Å²) in [6.07, 6.45) is 10.8. The molecule has 6 nitrogen and oxygen atoms in total. The number of aromatic amines is 2. The first-order chi connectivity index (χ1) is 14.8. The van der Waals surface area contributed by atoms with Gasteiger partial charge in [-0.25, -0.2) is 0 Å². The third kappa shape index (κ3) is 2.54. The van der Waals surface area contributed by atoms with Gasteiger partial charge in [0.15, 0.2) is 0 Å². The maximum atomic E-state index is 5.26. The summed E-state index contributed by atoms with van der Waals surface area (Å²) in [5.41, 5.74) is 9.21. The summed E-state index contributed by atoms with van der Waals surface area (Å²) in [7, 11) is 0. The van der Waals surface area contributed by atoms with Gasteiger partial charge in [-0.15, -0.1) is 0 Å². The largest absolute Gasteiger partial charge is 0.472 e. The van der Waals surface area contributed by atoms with E-state index in [4.69, 9.17) is 4.42 Å². The van der Waals surface area contributed by atoms with Crippen LogP contribution in [0.2, 0.25) is 0 Å². The van der Waals surface area contributed by atoms with Gasteiger partial charge in [-0.05, 0) is 48.4 Å². The number of hydrogen-bond acceptors (Lipinski definition) is 4. The van der Waals surface area contributed by atoms with E-state index in [-0.39, 0.29) is 0 Å². The number of aromatic nitrogens is 5. The zero-order valence-corrected chi connectivity index (χ0v) is 16.2. The van der Waals surface area contributed by atoms with Crippen LogP contribution in [-0.2, 0) is 0 Å².